The van der Waals surface area contributed by atoms with Crippen LogP contribution in [-0.2, 0) is 0 Å². The molecule has 0 radical (unpaired) electrons. The summed E-state index contributed by atoms with van der Waals surface area (Å²) in [7, 11) is 4.05. The summed E-state index contributed by atoms with van der Waals surface area (Å²) in [6.45, 7) is 2.06. The molecule has 1 aliphatic heterocycles. The Morgan fingerprint density at radius 1 is 1.10 bits per heavy atom. The van der Waals surface area contributed by atoms with E-state index in [1.165, 1.54) is 0 Å². The van der Waals surface area contributed by atoms with E-state index in [2.05, 4.69) is 32.5 Å². The third kappa shape index (κ3) is 2.67. The zero-order valence-corrected chi connectivity index (χ0v) is 12.0. The third-order valence-corrected chi connectivity index (χ3v) is 3.76. The summed E-state index contributed by atoms with van der Waals surface area (Å²) < 4.78 is 5.85. The molecule has 5 heteroatoms. The van der Waals surface area contributed by atoms with Gasteiger partial charge in [-0.05, 0) is 50.2 Å². The Labute approximate surface area is 119 Å². The van der Waals surface area contributed by atoms with Gasteiger partial charge in [-0.3, -0.25) is 0 Å². The average molecular weight is 272 g/mol. The predicted molar refractivity (Wildman–Crippen MR) is 78.9 cm³/mol. The Hall–Kier alpha value is -1.88. The highest BCUT2D eigenvalue weighted by atomic mass is 16.4. The van der Waals surface area contributed by atoms with Crippen molar-refractivity contribution in [2.45, 2.75) is 18.8 Å². The molecule has 3 rings (SSSR count). The van der Waals surface area contributed by atoms with Crippen molar-refractivity contribution in [1.82, 2.24) is 15.5 Å². The minimum atomic E-state index is 0.401. The molecular weight excluding hydrogens is 252 g/mol. The quantitative estimate of drug-likeness (QED) is 0.929. The normalized spacial score (nSPS) is 16.3. The van der Waals surface area contributed by atoms with Gasteiger partial charge >= 0.3 is 0 Å². The first-order chi connectivity index (χ1) is 9.74. The van der Waals surface area contributed by atoms with Crippen LogP contribution in [0.2, 0.25) is 0 Å². The van der Waals surface area contributed by atoms with Gasteiger partial charge in [-0.25, -0.2) is 0 Å². The van der Waals surface area contributed by atoms with Crippen molar-refractivity contribution in [2.24, 2.45) is 0 Å². The van der Waals surface area contributed by atoms with Crippen LogP contribution in [0.3, 0.4) is 0 Å². The molecule has 0 amide bonds. The lowest BCUT2D eigenvalue weighted by molar-refractivity contribution is 0.378. The van der Waals surface area contributed by atoms with Gasteiger partial charge in [0, 0.05) is 31.3 Å². The SMILES string of the molecule is CN(C)c1ccc(-c2nnc(C3CCNCC3)o2)cc1. The summed E-state index contributed by atoms with van der Waals surface area (Å²) in [5.74, 6) is 1.79. The molecule has 5 nitrogen and oxygen atoms in total. The van der Waals surface area contributed by atoms with E-state index >= 15 is 0 Å². The number of hydrogen-bond donors (Lipinski definition) is 1. The number of piperidine rings is 1. The zero-order valence-electron chi connectivity index (χ0n) is 12.0. The standard InChI is InChI=1S/C15H20N4O/c1-19(2)13-5-3-11(4-6-13)14-17-18-15(20-14)12-7-9-16-10-8-12/h3-6,12,16H,7-10H2,1-2H3. The maximum Gasteiger partial charge on any atom is 0.247 e. The lowest BCUT2D eigenvalue weighted by Crippen LogP contribution is -2.26. The third-order valence-electron chi connectivity index (χ3n) is 3.76. The highest BCUT2D eigenvalue weighted by molar-refractivity contribution is 5.58. The maximum atomic E-state index is 5.85. The van der Waals surface area contributed by atoms with E-state index in [0.717, 1.165) is 43.1 Å². The number of anilines is 1. The van der Waals surface area contributed by atoms with Gasteiger partial charge in [-0.1, -0.05) is 0 Å². The summed E-state index contributed by atoms with van der Waals surface area (Å²) in [6.07, 6.45) is 2.14. The van der Waals surface area contributed by atoms with Gasteiger partial charge in [0.25, 0.3) is 0 Å². The van der Waals surface area contributed by atoms with Gasteiger partial charge in [0.05, 0.1) is 0 Å². The molecule has 0 spiro atoms. The Morgan fingerprint density at radius 3 is 2.45 bits per heavy atom. The Morgan fingerprint density at radius 2 is 1.80 bits per heavy atom. The lowest BCUT2D eigenvalue weighted by Gasteiger charge is -2.18. The van der Waals surface area contributed by atoms with E-state index in [1.807, 2.05) is 26.2 Å². The van der Waals surface area contributed by atoms with E-state index in [4.69, 9.17) is 4.42 Å². The number of aromatic nitrogens is 2. The molecule has 0 aliphatic carbocycles. The Bertz CT molecular complexity index is 556. The van der Waals surface area contributed by atoms with Crippen LogP contribution in [0.5, 0.6) is 0 Å². The molecule has 1 saturated heterocycles. The molecule has 0 atom stereocenters. The van der Waals surface area contributed by atoms with E-state index in [-0.39, 0.29) is 0 Å². The zero-order chi connectivity index (χ0) is 13.9. The summed E-state index contributed by atoms with van der Waals surface area (Å²) >= 11 is 0. The van der Waals surface area contributed by atoms with Gasteiger partial charge in [0.1, 0.15) is 0 Å². The molecule has 106 valence electrons. The minimum Gasteiger partial charge on any atom is -0.420 e. The van der Waals surface area contributed by atoms with E-state index in [0.29, 0.717) is 11.8 Å². The summed E-state index contributed by atoms with van der Waals surface area (Å²) in [5, 5.41) is 11.7. The second-order valence-corrected chi connectivity index (χ2v) is 5.41. The molecule has 1 N–H and O–H groups in total. The fourth-order valence-electron chi connectivity index (χ4n) is 2.49. The van der Waals surface area contributed by atoms with Crippen LogP contribution in [0, 0.1) is 0 Å². The van der Waals surface area contributed by atoms with E-state index < -0.39 is 0 Å². The number of nitrogens with zero attached hydrogens (tertiary/aromatic N) is 3. The maximum absolute atomic E-state index is 5.85. The lowest BCUT2D eigenvalue weighted by atomic mass is 9.98. The number of hydrogen-bond acceptors (Lipinski definition) is 5. The average Bonchev–Trinajstić information content (AvgIpc) is 2.98. The van der Waals surface area contributed by atoms with Gasteiger partial charge in [0.2, 0.25) is 11.8 Å². The van der Waals surface area contributed by atoms with Gasteiger partial charge in [-0.15, -0.1) is 10.2 Å². The monoisotopic (exact) mass is 272 g/mol. The first kappa shape index (κ1) is 13.1. The first-order valence-electron chi connectivity index (χ1n) is 7.06. The van der Waals surface area contributed by atoms with Crippen LogP contribution in [0.4, 0.5) is 5.69 Å². The van der Waals surface area contributed by atoms with E-state index in [1.54, 1.807) is 0 Å². The molecule has 1 aromatic carbocycles. The molecule has 20 heavy (non-hydrogen) atoms. The number of rotatable bonds is 3. The molecular formula is C15H20N4O. The minimum absolute atomic E-state index is 0.401. The smallest absolute Gasteiger partial charge is 0.247 e. The van der Waals surface area contributed by atoms with Crippen LogP contribution in [0.25, 0.3) is 11.5 Å². The van der Waals surface area contributed by atoms with Crippen molar-refractivity contribution in [2.75, 3.05) is 32.1 Å². The van der Waals surface area contributed by atoms with Crippen molar-refractivity contribution < 1.29 is 4.42 Å². The second-order valence-electron chi connectivity index (χ2n) is 5.41. The van der Waals surface area contributed by atoms with Crippen molar-refractivity contribution >= 4 is 5.69 Å². The molecule has 2 aromatic rings. The fourth-order valence-corrected chi connectivity index (χ4v) is 2.49. The van der Waals surface area contributed by atoms with Crippen molar-refractivity contribution in [3.8, 4) is 11.5 Å². The van der Waals surface area contributed by atoms with Crippen LogP contribution in [0.1, 0.15) is 24.7 Å². The van der Waals surface area contributed by atoms with Gasteiger partial charge in [0.15, 0.2) is 0 Å². The molecule has 0 unspecified atom stereocenters. The van der Waals surface area contributed by atoms with Gasteiger partial charge < -0.3 is 14.6 Å². The molecule has 1 aromatic heterocycles. The van der Waals surface area contributed by atoms with Gasteiger partial charge in [-0.2, -0.15) is 0 Å². The van der Waals surface area contributed by atoms with Crippen LogP contribution in [0.15, 0.2) is 28.7 Å². The van der Waals surface area contributed by atoms with Crippen LogP contribution in [-0.4, -0.2) is 37.4 Å². The van der Waals surface area contributed by atoms with Crippen LogP contribution >= 0.6 is 0 Å². The van der Waals surface area contributed by atoms with Crippen molar-refractivity contribution in [3.05, 3.63) is 30.2 Å². The topological polar surface area (TPSA) is 54.2 Å². The Kier molecular flexibility index (Phi) is 3.69. The summed E-state index contributed by atoms with van der Waals surface area (Å²) in [6, 6.07) is 8.16. The number of benzene rings is 1. The molecule has 1 aliphatic rings. The highest BCUT2D eigenvalue weighted by Gasteiger charge is 2.21. The molecule has 0 bridgehead atoms. The van der Waals surface area contributed by atoms with Crippen molar-refractivity contribution in [3.63, 3.8) is 0 Å². The Balaban J connectivity index is 1.78. The number of nitrogens with one attached hydrogen (secondary N) is 1. The highest BCUT2D eigenvalue weighted by Crippen LogP contribution is 2.27. The first-order valence-corrected chi connectivity index (χ1v) is 7.06. The van der Waals surface area contributed by atoms with Crippen molar-refractivity contribution in [1.29, 1.82) is 0 Å². The molecule has 1 fully saturated rings. The fraction of sp³-hybridized carbons (Fsp3) is 0.467. The molecule has 0 saturated carbocycles. The van der Waals surface area contributed by atoms with Crippen LogP contribution < -0.4 is 10.2 Å². The second kappa shape index (κ2) is 5.63. The predicted octanol–water partition coefficient (Wildman–Crippen LogP) is 2.27. The summed E-state index contributed by atoms with van der Waals surface area (Å²) in [4.78, 5) is 2.07. The summed E-state index contributed by atoms with van der Waals surface area (Å²) in [5.41, 5.74) is 2.13. The largest absolute Gasteiger partial charge is 0.420 e. The molecule has 2 heterocycles. The van der Waals surface area contributed by atoms with E-state index in [9.17, 15) is 0 Å².